The Balaban J connectivity index is 2.37. The van der Waals surface area contributed by atoms with Crippen molar-refractivity contribution >= 4 is 16.9 Å². The van der Waals surface area contributed by atoms with E-state index in [4.69, 9.17) is 4.98 Å². The Morgan fingerprint density at radius 2 is 2.05 bits per heavy atom. The molecule has 0 saturated carbocycles. The smallest absolute Gasteiger partial charge is 0.124 e. The molecule has 0 radical (unpaired) electrons. The van der Waals surface area contributed by atoms with Crippen molar-refractivity contribution in [3.63, 3.8) is 0 Å². The molecule has 0 N–H and O–H groups in total. The van der Waals surface area contributed by atoms with Crippen LogP contribution < -0.4 is 0 Å². The Bertz CT molecular complexity index is 605. The van der Waals surface area contributed by atoms with Gasteiger partial charge in [-0.05, 0) is 12.0 Å². The molecule has 0 bridgehead atoms. The van der Waals surface area contributed by atoms with E-state index >= 15 is 0 Å². The topological polar surface area (TPSA) is 12.9 Å². The fraction of sp³-hybridized carbons (Fsp3) is 0.118. The zero-order valence-corrected chi connectivity index (χ0v) is 11.9. The maximum Gasteiger partial charge on any atom is 0.124 e. The fourth-order valence-corrected chi connectivity index (χ4v) is 2.69. The number of nitrogens with zero attached hydrogens (tertiary/aromatic N) is 1. The van der Waals surface area contributed by atoms with E-state index in [2.05, 4.69) is 37.6 Å². The van der Waals surface area contributed by atoms with Gasteiger partial charge in [0.25, 0.3) is 0 Å². The summed E-state index contributed by atoms with van der Waals surface area (Å²) in [5.41, 5.74) is 4.34. The van der Waals surface area contributed by atoms with Crippen LogP contribution in [-0.2, 0) is 0 Å². The number of hydrogen-bond donors (Lipinski definition) is 0. The highest BCUT2D eigenvalue weighted by Crippen LogP contribution is 2.30. The number of aromatic nitrogens is 1. The summed E-state index contributed by atoms with van der Waals surface area (Å²) in [5, 5.41) is 3.09. The van der Waals surface area contributed by atoms with Gasteiger partial charge in [-0.1, -0.05) is 62.6 Å². The molecular formula is C17H17NS. The van der Waals surface area contributed by atoms with Gasteiger partial charge in [0, 0.05) is 16.5 Å². The van der Waals surface area contributed by atoms with Gasteiger partial charge in [-0.3, -0.25) is 0 Å². The molecule has 2 rings (SSSR count). The van der Waals surface area contributed by atoms with Crippen LogP contribution in [0.2, 0.25) is 0 Å². The second-order valence-electron chi connectivity index (χ2n) is 4.18. The second-order valence-corrected chi connectivity index (χ2v) is 5.04. The molecule has 19 heavy (non-hydrogen) atoms. The van der Waals surface area contributed by atoms with Gasteiger partial charge in [0.05, 0.1) is 5.69 Å². The summed E-state index contributed by atoms with van der Waals surface area (Å²) in [6.07, 6.45) is 4.69. The monoisotopic (exact) mass is 267 g/mol. The molecule has 1 aromatic heterocycles. The molecule has 0 amide bonds. The number of hydrogen-bond acceptors (Lipinski definition) is 2. The molecule has 1 heterocycles. The predicted octanol–water partition coefficient (Wildman–Crippen LogP) is 5.35. The van der Waals surface area contributed by atoms with Crippen molar-refractivity contribution in [3.8, 4) is 11.3 Å². The summed E-state index contributed by atoms with van der Waals surface area (Å²) in [4.78, 5) is 4.71. The van der Waals surface area contributed by atoms with Crippen LogP contribution in [0, 0.1) is 0 Å². The van der Waals surface area contributed by atoms with E-state index in [1.54, 1.807) is 17.4 Å². The zero-order chi connectivity index (χ0) is 13.7. The van der Waals surface area contributed by atoms with Crippen LogP contribution in [0.15, 0.2) is 66.6 Å². The standard InChI is InChI=1S/C17H17NS/c1-4-9-15(13(3)5-2)17-18-16(12-19-17)14-10-7-6-8-11-14/h4,6-12H,1,3,5H2,2H3. The molecule has 0 unspecified atom stereocenters. The van der Waals surface area contributed by atoms with Gasteiger partial charge >= 0.3 is 0 Å². The van der Waals surface area contributed by atoms with E-state index in [1.807, 2.05) is 24.3 Å². The molecule has 0 saturated heterocycles. The molecule has 0 aliphatic carbocycles. The van der Waals surface area contributed by atoms with Crippen LogP contribution in [0.5, 0.6) is 0 Å². The number of allylic oxidation sites excluding steroid dienone is 4. The highest BCUT2D eigenvalue weighted by Gasteiger charge is 2.10. The van der Waals surface area contributed by atoms with Gasteiger partial charge in [-0.15, -0.1) is 11.3 Å². The Hall–Kier alpha value is -1.93. The van der Waals surface area contributed by atoms with E-state index in [9.17, 15) is 0 Å². The molecule has 0 atom stereocenters. The largest absolute Gasteiger partial charge is 0.236 e. The minimum absolute atomic E-state index is 0.917. The van der Waals surface area contributed by atoms with Crippen LogP contribution in [0.4, 0.5) is 0 Å². The summed E-state index contributed by atoms with van der Waals surface area (Å²) >= 11 is 1.65. The molecule has 0 spiro atoms. The summed E-state index contributed by atoms with van der Waals surface area (Å²) in [6.45, 7) is 9.97. The van der Waals surface area contributed by atoms with Gasteiger partial charge in [-0.25, -0.2) is 4.98 Å². The van der Waals surface area contributed by atoms with E-state index in [-0.39, 0.29) is 0 Å². The zero-order valence-electron chi connectivity index (χ0n) is 11.1. The van der Waals surface area contributed by atoms with Gasteiger partial charge in [0.15, 0.2) is 0 Å². The SMILES string of the molecule is C=CC=C(C(=C)CC)c1nc(-c2ccccc2)cs1. The van der Waals surface area contributed by atoms with Gasteiger partial charge < -0.3 is 0 Å². The molecule has 1 nitrogen and oxygen atoms in total. The highest BCUT2D eigenvalue weighted by atomic mass is 32.1. The van der Waals surface area contributed by atoms with Crippen molar-refractivity contribution in [1.82, 2.24) is 4.98 Å². The lowest BCUT2D eigenvalue weighted by Gasteiger charge is -2.04. The lowest BCUT2D eigenvalue weighted by atomic mass is 10.1. The molecular weight excluding hydrogens is 250 g/mol. The first-order valence-corrected chi connectivity index (χ1v) is 7.16. The summed E-state index contributed by atoms with van der Waals surface area (Å²) < 4.78 is 0. The number of benzene rings is 1. The first-order chi connectivity index (χ1) is 9.26. The van der Waals surface area contributed by atoms with Crippen molar-refractivity contribution in [2.24, 2.45) is 0 Å². The van der Waals surface area contributed by atoms with Gasteiger partial charge in [0.1, 0.15) is 5.01 Å². The normalized spacial score (nSPS) is 11.3. The maximum absolute atomic E-state index is 4.71. The molecule has 96 valence electrons. The highest BCUT2D eigenvalue weighted by molar-refractivity contribution is 7.11. The van der Waals surface area contributed by atoms with Gasteiger partial charge in [0.2, 0.25) is 0 Å². The lowest BCUT2D eigenvalue weighted by molar-refractivity contribution is 1.16. The maximum atomic E-state index is 4.71. The summed E-state index contributed by atoms with van der Waals surface area (Å²) in [5.74, 6) is 0. The average molecular weight is 267 g/mol. The molecule has 0 aliphatic heterocycles. The van der Waals surface area contributed by atoms with Crippen LogP contribution >= 0.6 is 11.3 Å². The van der Waals surface area contributed by atoms with E-state index in [0.717, 1.165) is 33.8 Å². The molecule has 0 aliphatic rings. The fourth-order valence-electron chi connectivity index (χ4n) is 1.79. The quantitative estimate of drug-likeness (QED) is 0.666. The van der Waals surface area contributed by atoms with Gasteiger partial charge in [-0.2, -0.15) is 0 Å². The Morgan fingerprint density at radius 3 is 2.68 bits per heavy atom. The average Bonchev–Trinajstić information content (AvgIpc) is 2.94. The Kier molecular flexibility index (Phi) is 4.48. The van der Waals surface area contributed by atoms with Crippen molar-refractivity contribution in [2.75, 3.05) is 0 Å². The third kappa shape index (κ3) is 3.09. The number of rotatable bonds is 5. The van der Waals surface area contributed by atoms with Crippen LogP contribution in [-0.4, -0.2) is 4.98 Å². The summed E-state index contributed by atoms with van der Waals surface area (Å²) in [7, 11) is 0. The molecule has 2 aromatic rings. The van der Waals surface area contributed by atoms with Crippen molar-refractivity contribution in [2.45, 2.75) is 13.3 Å². The lowest BCUT2D eigenvalue weighted by Crippen LogP contribution is -1.87. The first-order valence-electron chi connectivity index (χ1n) is 6.28. The van der Waals surface area contributed by atoms with Crippen molar-refractivity contribution in [3.05, 3.63) is 71.6 Å². The first kappa shape index (κ1) is 13.5. The third-order valence-corrected chi connectivity index (χ3v) is 3.77. The van der Waals surface area contributed by atoms with E-state index < -0.39 is 0 Å². The van der Waals surface area contributed by atoms with Crippen LogP contribution in [0.1, 0.15) is 18.4 Å². The second kappa shape index (κ2) is 6.30. The van der Waals surface area contributed by atoms with Crippen molar-refractivity contribution < 1.29 is 0 Å². The van der Waals surface area contributed by atoms with Crippen molar-refractivity contribution in [1.29, 1.82) is 0 Å². The van der Waals surface area contributed by atoms with Crippen LogP contribution in [0.3, 0.4) is 0 Å². The minimum Gasteiger partial charge on any atom is -0.236 e. The molecule has 0 fully saturated rings. The third-order valence-electron chi connectivity index (χ3n) is 2.90. The molecule has 2 heteroatoms. The van der Waals surface area contributed by atoms with Crippen LogP contribution in [0.25, 0.3) is 16.8 Å². The predicted molar refractivity (Wildman–Crippen MR) is 85.2 cm³/mol. The van der Waals surface area contributed by atoms with E-state index in [1.165, 1.54) is 0 Å². The Morgan fingerprint density at radius 1 is 1.32 bits per heavy atom. The molecule has 1 aromatic carbocycles. The summed E-state index contributed by atoms with van der Waals surface area (Å²) in [6, 6.07) is 10.2. The Labute approximate surface area is 118 Å². The minimum atomic E-state index is 0.917. The van der Waals surface area contributed by atoms with E-state index in [0.29, 0.717) is 0 Å². The number of thiazole rings is 1.